The normalized spacial score (nSPS) is 10.9. The molecule has 0 saturated heterocycles. The first-order valence-electron chi connectivity index (χ1n) is 17.4. The van der Waals surface area contributed by atoms with Gasteiger partial charge < -0.3 is 9.47 Å². The van der Waals surface area contributed by atoms with Crippen LogP contribution in [-0.2, 0) is 0 Å². The van der Waals surface area contributed by atoms with E-state index in [0.717, 1.165) is 0 Å². The van der Waals surface area contributed by atoms with Crippen molar-refractivity contribution in [2.24, 2.45) is 0 Å². The molecule has 0 heterocycles. The standard InChI is InChI=1S/C44H26F8O2.C2H6/c1-23-34(45)36(47)32(37(48)35(23)46)33-38(49)40(51)44(41(52)39(33)50)54-43-30(26-19-11-5-12-20-26)28(24-15-7-3-8-16-24)42(53-2)29(25-17-9-4-10-18-25)31(43)27-21-13-6-14-22-27;1-2/h3-22H,1-2H3;1-2H3. The van der Waals surface area contributed by atoms with E-state index in [1.807, 2.05) is 13.8 Å². The second-order valence-corrected chi connectivity index (χ2v) is 12.1. The monoisotopic (exact) mass is 768 g/mol. The van der Waals surface area contributed by atoms with Gasteiger partial charge in [-0.2, -0.15) is 8.78 Å². The highest BCUT2D eigenvalue weighted by atomic mass is 19.2. The Labute approximate surface area is 318 Å². The lowest BCUT2D eigenvalue weighted by Crippen LogP contribution is -2.10. The summed E-state index contributed by atoms with van der Waals surface area (Å²) in [5, 5.41) is 0. The molecule has 56 heavy (non-hydrogen) atoms. The number of halogens is 8. The number of hydrogen-bond donors (Lipinski definition) is 0. The summed E-state index contributed by atoms with van der Waals surface area (Å²) in [6.45, 7) is 4.68. The average Bonchev–Trinajstić information content (AvgIpc) is 3.25. The molecule has 0 saturated carbocycles. The lowest BCUT2D eigenvalue weighted by molar-refractivity contribution is 0.367. The van der Waals surface area contributed by atoms with Gasteiger partial charge in [-0.3, -0.25) is 0 Å². The van der Waals surface area contributed by atoms with Crippen LogP contribution in [0.4, 0.5) is 35.1 Å². The Morgan fingerprint density at radius 1 is 0.321 bits per heavy atom. The Bertz CT molecular complexity index is 2360. The van der Waals surface area contributed by atoms with Crippen LogP contribution in [0.15, 0.2) is 121 Å². The summed E-state index contributed by atoms with van der Waals surface area (Å²) in [6, 6.07) is 34.7. The minimum atomic E-state index is -2.35. The van der Waals surface area contributed by atoms with E-state index in [-0.39, 0.29) is 16.9 Å². The van der Waals surface area contributed by atoms with Crippen LogP contribution in [0, 0.1) is 53.5 Å². The van der Waals surface area contributed by atoms with Gasteiger partial charge in [0.15, 0.2) is 34.9 Å². The Morgan fingerprint density at radius 2 is 0.589 bits per heavy atom. The predicted molar refractivity (Wildman–Crippen MR) is 202 cm³/mol. The average molecular weight is 769 g/mol. The van der Waals surface area contributed by atoms with E-state index in [0.29, 0.717) is 46.1 Å². The number of rotatable bonds is 8. The summed E-state index contributed by atoms with van der Waals surface area (Å²) < 4.78 is 136. The Balaban J connectivity index is 0.00000262. The van der Waals surface area contributed by atoms with Gasteiger partial charge in [0.1, 0.15) is 11.5 Å². The van der Waals surface area contributed by atoms with Crippen molar-refractivity contribution < 1.29 is 44.6 Å². The first-order chi connectivity index (χ1) is 27.1. The number of ether oxygens (including phenoxy) is 2. The molecule has 10 heteroatoms. The summed E-state index contributed by atoms with van der Waals surface area (Å²) in [5.41, 5.74) is -1.94. The zero-order chi connectivity index (χ0) is 40.3. The van der Waals surface area contributed by atoms with Gasteiger partial charge in [-0.25, -0.2) is 26.3 Å². The van der Waals surface area contributed by atoms with Crippen molar-refractivity contribution in [1.29, 1.82) is 0 Å². The number of hydrogen-bond acceptors (Lipinski definition) is 2. The second-order valence-electron chi connectivity index (χ2n) is 12.1. The molecule has 284 valence electrons. The van der Waals surface area contributed by atoms with Gasteiger partial charge in [-0.15, -0.1) is 0 Å². The molecule has 0 aliphatic rings. The Kier molecular flexibility index (Phi) is 11.6. The molecule has 0 aliphatic carbocycles. The summed E-state index contributed by atoms with van der Waals surface area (Å²) in [5.74, 6) is -19.2. The van der Waals surface area contributed by atoms with E-state index < -0.39 is 69.0 Å². The molecule has 0 unspecified atom stereocenters. The molecule has 0 fully saturated rings. The zero-order valence-corrected chi connectivity index (χ0v) is 30.4. The fourth-order valence-electron chi connectivity index (χ4n) is 6.51. The summed E-state index contributed by atoms with van der Waals surface area (Å²) >= 11 is 0. The SMILES string of the molecule is CC.COc1c(-c2ccccc2)c(-c2ccccc2)c(Oc2c(F)c(F)c(-c3c(F)c(F)c(C)c(F)c3F)c(F)c2F)c(-c2ccccc2)c1-c1ccccc1. The van der Waals surface area contributed by atoms with Crippen LogP contribution >= 0.6 is 0 Å². The van der Waals surface area contributed by atoms with E-state index in [1.165, 1.54) is 7.11 Å². The summed E-state index contributed by atoms with van der Waals surface area (Å²) in [6.07, 6.45) is 0. The topological polar surface area (TPSA) is 18.5 Å². The van der Waals surface area contributed by atoms with Crippen LogP contribution in [0.3, 0.4) is 0 Å². The molecule has 0 bridgehead atoms. The first-order valence-corrected chi connectivity index (χ1v) is 17.4. The lowest BCUT2D eigenvalue weighted by Gasteiger charge is -2.27. The summed E-state index contributed by atoms with van der Waals surface area (Å²) in [7, 11) is 1.45. The highest BCUT2D eigenvalue weighted by Gasteiger charge is 2.36. The quantitative estimate of drug-likeness (QED) is 0.113. The van der Waals surface area contributed by atoms with Crippen molar-refractivity contribution in [3.05, 3.63) is 173 Å². The molecule has 0 atom stereocenters. The molecule has 7 rings (SSSR count). The third kappa shape index (κ3) is 6.76. The molecule has 0 amide bonds. The maximum atomic E-state index is 16.3. The molecule has 7 aromatic rings. The number of benzene rings is 7. The third-order valence-electron chi connectivity index (χ3n) is 9.02. The largest absolute Gasteiger partial charge is 0.495 e. The lowest BCUT2D eigenvalue weighted by atomic mass is 9.83. The molecular formula is C46H32F8O2. The van der Waals surface area contributed by atoms with Gasteiger partial charge in [0, 0.05) is 27.8 Å². The highest BCUT2D eigenvalue weighted by Crippen LogP contribution is 2.57. The van der Waals surface area contributed by atoms with Crippen molar-refractivity contribution in [2.45, 2.75) is 20.8 Å². The van der Waals surface area contributed by atoms with E-state index >= 15 is 26.3 Å². The number of methoxy groups -OCH3 is 1. The van der Waals surface area contributed by atoms with Crippen LogP contribution in [0.2, 0.25) is 0 Å². The Hall–Kier alpha value is -6.42. The van der Waals surface area contributed by atoms with Crippen LogP contribution in [-0.4, -0.2) is 7.11 Å². The van der Waals surface area contributed by atoms with Crippen LogP contribution in [0.1, 0.15) is 19.4 Å². The van der Waals surface area contributed by atoms with E-state index in [4.69, 9.17) is 9.47 Å². The van der Waals surface area contributed by atoms with Crippen LogP contribution < -0.4 is 9.47 Å². The van der Waals surface area contributed by atoms with Crippen molar-refractivity contribution >= 4 is 0 Å². The van der Waals surface area contributed by atoms with Crippen molar-refractivity contribution in [3.63, 3.8) is 0 Å². The van der Waals surface area contributed by atoms with Crippen molar-refractivity contribution in [2.75, 3.05) is 7.11 Å². The molecule has 0 radical (unpaired) electrons. The maximum absolute atomic E-state index is 16.3. The van der Waals surface area contributed by atoms with Crippen LogP contribution in [0.25, 0.3) is 55.6 Å². The first kappa shape index (κ1) is 39.3. The van der Waals surface area contributed by atoms with Gasteiger partial charge in [-0.1, -0.05) is 135 Å². The van der Waals surface area contributed by atoms with Gasteiger partial charge >= 0.3 is 0 Å². The van der Waals surface area contributed by atoms with Gasteiger partial charge in [0.25, 0.3) is 0 Å². The van der Waals surface area contributed by atoms with Gasteiger partial charge in [-0.05, 0) is 29.2 Å². The van der Waals surface area contributed by atoms with Gasteiger partial charge in [0.2, 0.25) is 17.4 Å². The van der Waals surface area contributed by atoms with Gasteiger partial charge in [0.05, 0.1) is 18.2 Å². The fourth-order valence-corrected chi connectivity index (χ4v) is 6.51. The third-order valence-corrected chi connectivity index (χ3v) is 9.02. The summed E-state index contributed by atoms with van der Waals surface area (Å²) in [4.78, 5) is 0. The second kappa shape index (κ2) is 16.5. The minimum absolute atomic E-state index is 0.195. The minimum Gasteiger partial charge on any atom is -0.495 e. The molecule has 0 aromatic heterocycles. The molecule has 0 N–H and O–H groups in total. The molecule has 7 aromatic carbocycles. The van der Waals surface area contributed by atoms with Crippen LogP contribution in [0.5, 0.6) is 17.2 Å². The highest BCUT2D eigenvalue weighted by molar-refractivity contribution is 6.05. The predicted octanol–water partition coefficient (Wildman–Crippen LogP) is 14.3. The molecule has 0 aliphatic heterocycles. The maximum Gasteiger partial charge on any atom is 0.205 e. The van der Waals surface area contributed by atoms with E-state index in [2.05, 4.69) is 0 Å². The zero-order valence-electron chi connectivity index (χ0n) is 30.4. The Morgan fingerprint density at radius 3 is 0.875 bits per heavy atom. The van der Waals surface area contributed by atoms with Crippen molar-refractivity contribution in [1.82, 2.24) is 0 Å². The molecular weight excluding hydrogens is 736 g/mol. The molecule has 2 nitrogen and oxygen atoms in total. The van der Waals surface area contributed by atoms with E-state index in [9.17, 15) is 8.78 Å². The van der Waals surface area contributed by atoms with Crippen molar-refractivity contribution in [3.8, 4) is 72.9 Å². The fraction of sp³-hybridized carbons (Fsp3) is 0.0870. The molecule has 0 spiro atoms. The smallest absolute Gasteiger partial charge is 0.205 e. The van der Waals surface area contributed by atoms with E-state index in [1.54, 1.807) is 121 Å².